The molecular weight excluding hydrogens is 382 g/mol. The number of benzene rings is 2. The lowest BCUT2D eigenvalue weighted by Crippen LogP contribution is -2.33. The fraction of sp³-hybridized carbons (Fsp3) is 0.250. The summed E-state index contributed by atoms with van der Waals surface area (Å²) < 4.78 is 0. The Balaban J connectivity index is 1.61. The number of fused-ring (bicyclic) bond motifs is 1. The van der Waals surface area contributed by atoms with E-state index in [0.717, 1.165) is 11.3 Å². The predicted molar refractivity (Wildman–Crippen MR) is 111 cm³/mol. The summed E-state index contributed by atoms with van der Waals surface area (Å²) in [4.78, 5) is 33.7. The third kappa shape index (κ3) is 5.11. The molecule has 0 aliphatic rings. The van der Waals surface area contributed by atoms with E-state index in [0.29, 0.717) is 34.0 Å². The van der Waals surface area contributed by atoms with E-state index in [1.807, 2.05) is 37.3 Å². The van der Waals surface area contributed by atoms with Crippen LogP contribution in [0.15, 0.2) is 53.3 Å². The first-order valence-electron chi connectivity index (χ1n) is 8.64. The van der Waals surface area contributed by atoms with Crippen molar-refractivity contribution in [1.29, 1.82) is 0 Å². The summed E-state index contributed by atoms with van der Waals surface area (Å²) in [5, 5.41) is 1.25. The van der Waals surface area contributed by atoms with Crippen LogP contribution in [-0.4, -0.2) is 33.1 Å². The van der Waals surface area contributed by atoms with Gasteiger partial charge in [0.15, 0.2) is 0 Å². The van der Waals surface area contributed by atoms with Gasteiger partial charge in [0, 0.05) is 17.3 Å². The lowest BCUT2D eigenvalue weighted by molar-refractivity contribution is -0.128. The van der Waals surface area contributed by atoms with E-state index in [-0.39, 0.29) is 18.0 Å². The maximum absolute atomic E-state index is 12.5. The highest BCUT2D eigenvalue weighted by Gasteiger charge is 2.14. The molecule has 2 aromatic carbocycles. The number of para-hydroxylation sites is 1. The number of carbonyl (C=O) groups is 1. The van der Waals surface area contributed by atoms with Crippen molar-refractivity contribution in [2.45, 2.75) is 19.2 Å². The number of aromatic amines is 1. The van der Waals surface area contributed by atoms with Crippen LogP contribution in [-0.2, 0) is 17.1 Å². The molecule has 1 N–H and O–H groups in total. The molecule has 1 aromatic heterocycles. The van der Waals surface area contributed by atoms with Gasteiger partial charge in [0.2, 0.25) is 5.91 Å². The van der Waals surface area contributed by atoms with Crippen LogP contribution in [0.3, 0.4) is 0 Å². The van der Waals surface area contributed by atoms with Gasteiger partial charge in [0.1, 0.15) is 5.82 Å². The molecule has 3 aromatic rings. The number of carbonyl (C=O) groups excluding carboxylic acids is 1. The van der Waals surface area contributed by atoms with Crippen molar-refractivity contribution in [3.05, 3.63) is 75.3 Å². The van der Waals surface area contributed by atoms with E-state index >= 15 is 0 Å². The van der Waals surface area contributed by atoms with E-state index in [1.54, 1.807) is 34.9 Å². The van der Waals surface area contributed by atoms with Crippen LogP contribution in [0, 0.1) is 0 Å². The fourth-order valence-corrected chi connectivity index (χ4v) is 3.71. The van der Waals surface area contributed by atoms with Gasteiger partial charge in [-0.25, -0.2) is 4.98 Å². The Bertz CT molecular complexity index is 988. The van der Waals surface area contributed by atoms with Crippen molar-refractivity contribution >= 4 is 40.2 Å². The average molecular weight is 402 g/mol. The number of amides is 1. The lowest BCUT2D eigenvalue weighted by atomic mass is 10.2. The molecule has 0 atom stereocenters. The largest absolute Gasteiger partial charge is 0.335 e. The Morgan fingerprint density at radius 1 is 1.19 bits per heavy atom. The molecule has 1 amide bonds. The molecular formula is C20H20ClN3O2S. The SMILES string of the molecule is CCN(Cc1nc2ccccc2c(=O)[nH]1)C(=O)CSCc1ccc(Cl)cc1. The molecule has 27 heavy (non-hydrogen) atoms. The number of hydrogen-bond acceptors (Lipinski definition) is 4. The molecule has 3 rings (SSSR count). The fourth-order valence-electron chi connectivity index (χ4n) is 2.69. The van der Waals surface area contributed by atoms with E-state index in [2.05, 4.69) is 9.97 Å². The second-order valence-corrected chi connectivity index (χ2v) is 7.48. The Labute approximate surface area is 166 Å². The van der Waals surface area contributed by atoms with Crippen LogP contribution in [0.25, 0.3) is 10.9 Å². The van der Waals surface area contributed by atoms with Crippen molar-refractivity contribution in [2.75, 3.05) is 12.3 Å². The van der Waals surface area contributed by atoms with Gasteiger partial charge in [0.05, 0.1) is 23.2 Å². The van der Waals surface area contributed by atoms with Crippen LogP contribution >= 0.6 is 23.4 Å². The minimum absolute atomic E-state index is 0.0206. The number of rotatable bonds is 7. The van der Waals surface area contributed by atoms with Crippen LogP contribution in [0.5, 0.6) is 0 Å². The van der Waals surface area contributed by atoms with Crippen molar-refractivity contribution in [1.82, 2.24) is 14.9 Å². The van der Waals surface area contributed by atoms with Gasteiger partial charge in [-0.3, -0.25) is 9.59 Å². The maximum atomic E-state index is 12.5. The summed E-state index contributed by atoms with van der Waals surface area (Å²) in [7, 11) is 0. The third-order valence-corrected chi connectivity index (χ3v) is 5.38. The number of nitrogens with zero attached hydrogens (tertiary/aromatic N) is 2. The maximum Gasteiger partial charge on any atom is 0.258 e. The number of halogens is 1. The van der Waals surface area contributed by atoms with E-state index in [4.69, 9.17) is 11.6 Å². The third-order valence-electron chi connectivity index (χ3n) is 4.14. The minimum Gasteiger partial charge on any atom is -0.335 e. The molecule has 0 unspecified atom stereocenters. The molecule has 0 fully saturated rings. The second kappa shape index (κ2) is 9.06. The Morgan fingerprint density at radius 2 is 1.93 bits per heavy atom. The summed E-state index contributed by atoms with van der Waals surface area (Å²) in [5.74, 6) is 1.63. The molecule has 1 heterocycles. The van der Waals surface area contributed by atoms with Crippen molar-refractivity contribution in [3.8, 4) is 0 Å². The summed E-state index contributed by atoms with van der Waals surface area (Å²) in [6.07, 6.45) is 0. The number of aromatic nitrogens is 2. The Kier molecular flexibility index (Phi) is 6.53. The average Bonchev–Trinajstić information content (AvgIpc) is 2.67. The summed E-state index contributed by atoms with van der Waals surface area (Å²) in [6, 6.07) is 14.8. The zero-order valence-corrected chi connectivity index (χ0v) is 16.5. The van der Waals surface area contributed by atoms with Crippen molar-refractivity contribution in [3.63, 3.8) is 0 Å². The highest BCUT2D eigenvalue weighted by atomic mass is 35.5. The molecule has 0 bridgehead atoms. The van der Waals surface area contributed by atoms with Crippen LogP contribution < -0.4 is 5.56 Å². The standard InChI is InChI=1S/C20H20ClN3O2S/c1-2-24(19(25)13-27-12-14-7-9-15(21)10-8-14)11-18-22-17-6-4-3-5-16(17)20(26)23-18/h3-10H,2,11-13H2,1H3,(H,22,23,26). The van der Waals surface area contributed by atoms with Gasteiger partial charge >= 0.3 is 0 Å². The van der Waals surface area contributed by atoms with Crippen molar-refractivity contribution < 1.29 is 4.79 Å². The quantitative estimate of drug-likeness (QED) is 0.652. The molecule has 0 aliphatic heterocycles. The molecule has 0 aliphatic carbocycles. The van der Waals surface area contributed by atoms with E-state index in [1.165, 1.54) is 0 Å². The van der Waals surface area contributed by atoms with Crippen LogP contribution in [0.4, 0.5) is 0 Å². The first-order valence-corrected chi connectivity index (χ1v) is 10.2. The van der Waals surface area contributed by atoms with E-state index in [9.17, 15) is 9.59 Å². The lowest BCUT2D eigenvalue weighted by Gasteiger charge is -2.20. The molecule has 0 saturated heterocycles. The van der Waals surface area contributed by atoms with Gasteiger partial charge in [-0.05, 0) is 36.8 Å². The Morgan fingerprint density at radius 3 is 2.67 bits per heavy atom. The first-order chi connectivity index (χ1) is 13.1. The summed E-state index contributed by atoms with van der Waals surface area (Å²) in [5.41, 5.74) is 1.58. The summed E-state index contributed by atoms with van der Waals surface area (Å²) >= 11 is 7.44. The predicted octanol–water partition coefficient (Wildman–Crippen LogP) is 3.86. The highest BCUT2D eigenvalue weighted by molar-refractivity contribution is 7.99. The van der Waals surface area contributed by atoms with Gasteiger partial charge in [-0.15, -0.1) is 11.8 Å². The smallest absolute Gasteiger partial charge is 0.258 e. The topological polar surface area (TPSA) is 66.1 Å². The van der Waals surface area contributed by atoms with Crippen LogP contribution in [0.2, 0.25) is 5.02 Å². The number of hydrogen-bond donors (Lipinski definition) is 1. The molecule has 140 valence electrons. The number of thioether (sulfide) groups is 1. The minimum atomic E-state index is -0.184. The van der Waals surface area contributed by atoms with Crippen LogP contribution in [0.1, 0.15) is 18.3 Å². The molecule has 0 radical (unpaired) electrons. The highest BCUT2D eigenvalue weighted by Crippen LogP contribution is 2.16. The zero-order chi connectivity index (χ0) is 19.2. The molecule has 7 heteroatoms. The van der Waals surface area contributed by atoms with E-state index < -0.39 is 0 Å². The first kappa shape index (κ1) is 19.5. The second-order valence-electron chi connectivity index (χ2n) is 6.06. The van der Waals surface area contributed by atoms with Gasteiger partial charge in [-0.2, -0.15) is 0 Å². The molecule has 0 spiro atoms. The monoisotopic (exact) mass is 401 g/mol. The zero-order valence-electron chi connectivity index (χ0n) is 14.9. The van der Waals surface area contributed by atoms with Gasteiger partial charge < -0.3 is 9.88 Å². The van der Waals surface area contributed by atoms with Crippen molar-refractivity contribution in [2.24, 2.45) is 0 Å². The Hall–Kier alpha value is -2.31. The molecule has 5 nitrogen and oxygen atoms in total. The normalized spacial score (nSPS) is 10.9. The van der Waals surface area contributed by atoms with Gasteiger partial charge in [0.25, 0.3) is 5.56 Å². The number of H-pyrrole nitrogens is 1. The van der Waals surface area contributed by atoms with Gasteiger partial charge in [-0.1, -0.05) is 35.9 Å². The molecule has 0 saturated carbocycles. The number of nitrogens with one attached hydrogen (secondary N) is 1. The summed E-state index contributed by atoms with van der Waals surface area (Å²) in [6.45, 7) is 2.76.